The average molecular weight is 612 g/mol. The van der Waals surface area contributed by atoms with Crippen LogP contribution in [0, 0.1) is 25.5 Å². The van der Waals surface area contributed by atoms with Crippen molar-refractivity contribution in [2.24, 2.45) is 0 Å². The minimum absolute atomic E-state index is 0.129. The van der Waals surface area contributed by atoms with Gasteiger partial charge in [0, 0.05) is 34.1 Å². The van der Waals surface area contributed by atoms with Gasteiger partial charge >= 0.3 is 0 Å². The molecule has 0 aliphatic carbocycles. The van der Waals surface area contributed by atoms with Crippen LogP contribution in [0.5, 0.6) is 11.5 Å². The minimum Gasteiger partial charge on any atom is -0.454 e. The molecule has 8 nitrogen and oxygen atoms in total. The Labute approximate surface area is 242 Å². The number of aryl methyl sites for hydroxylation is 2. The van der Waals surface area contributed by atoms with Crippen molar-refractivity contribution in [3.63, 3.8) is 0 Å². The predicted octanol–water partition coefficient (Wildman–Crippen LogP) is 6.53. The van der Waals surface area contributed by atoms with Gasteiger partial charge in [0.2, 0.25) is 20.0 Å². The summed E-state index contributed by atoms with van der Waals surface area (Å²) in [6, 6.07) is 19.5. The average Bonchev–Trinajstić information content (AvgIpc) is 3.27. The smallest absolute Gasteiger partial charge is 0.244 e. The number of nitrogens with zero attached hydrogens (tertiary/aromatic N) is 2. The van der Waals surface area contributed by atoms with E-state index in [1.54, 1.807) is 56.3 Å². The number of hydrogen-bond donors (Lipinski definition) is 1. The third-order valence-electron chi connectivity index (χ3n) is 6.54. The van der Waals surface area contributed by atoms with Crippen molar-refractivity contribution in [1.29, 1.82) is 0 Å². The van der Waals surface area contributed by atoms with Gasteiger partial charge in [0.25, 0.3) is 0 Å². The third kappa shape index (κ3) is 6.00. The fourth-order valence-electron chi connectivity index (χ4n) is 4.64. The van der Waals surface area contributed by atoms with Crippen molar-refractivity contribution in [1.82, 2.24) is 8.96 Å². The molecule has 0 saturated carbocycles. The van der Waals surface area contributed by atoms with Crippen molar-refractivity contribution < 1.29 is 30.4 Å². The molecule has 0 radical (unpaired) electrons. The molecule has 0 aliphatic heterocycles. The number of sulfonamides is 1. The van der Waals surface area contributed by atoms with Crippen LogP contribution in [0.1, 0.15) is 23.9 Å². The second-order valence-electron chi connectivity index (χ2n) is 9.73. The number of aromatic nitrogens is 2. The van der Waals surface area contributed by atoms with Crippen LogP contribution in [0.15, 0.2) is 78.9 Å². The molecule has 0 fully saturated rings. The number of ether oxygens (including phenoxy) is 1. The van der Waals surface area contributed by atoms with Gasteiger partial charge in [0.15, 0.2) is 17.2 Å². The van der Waals surface area contributed by atoms with E-state index in [-0.39, 0.29) is 34.3 Å². The maximum Gasteiger partial charge on any atom is 0.244 e. The van der Waals surface area contributed by atoms with E-state index in [1.165, 1.54) is 29.1 Å². The maximum atomic E-state index is 14.6. The van der Waals surface area contributed by atoms with Gasteiger partial charge in [-0.2, -0.15) is 0 Å². The standard InChI is InChI=1S/C30H27F2N3O5S2/c1-4-41(36,37)34-23-11-13-28(40-29-12-10-22(31)16-27(29)32)25(17-23)24-14-19(2)33-30-26(24)15-20(3)35(30)42(38,39)18-21-8-6-5-7-9-21/h5-17,34H,4,18H2,1-3H3. The molecule has 5 aromatic rings. The molecular weight excluding hydrogens is 584 g/mol. The van der Waals surface area contributed by atoms with Crippen LogP contribution < -0.4 is 9.46 Å². The van der Waals surface area contributed by atoms with Crippen molar-refractivity contribution in [3.05, 3.63) is 107 Å². The third-order valence-corrected chi connectivity index (χ3v) is 9.56. The van der Waals surface area contributed by atoms with Crippen LogP contribution in [-0.2, 0) is 25.8 Å². The first-order valence-corrected chi connectivity index (χ1v) is 16.2. The summed E-state index contributed by atoms with van der Waals surface area (Å²) < 4.78 is 89.6. The summed E-state index contributed by atoms with van der Waals surface area (Å²) in [4.78, 5) is 4.55. The quantitative estimate of drug-likeness (QED) is 0.203. The van der Waals surface area contributed by atoms with Gasteiger partial charge in [-0.05, 0) is 74.4 Å². The number of anilines is 1. The van der Waals surface area contributed by atoms with E-state index in [4.69, 9.17) is 4.74 Å². The van der Waals surface area contributed by atoms with E-state index >= 15 is 0 Å². The molecule has 0 spiro atoms. The van der Waals surface area contributed by atoms with Crippen LogP contribution in [0.3, 0.4) is 0 Å². The summed E-state index contributed by atoms with van der Waals surface area (Å²) in [5.74, 6) is -2.24. The lowest BCUT2D eigenvalue weighted by atomic mass is 10.0. The number of halogens is 2. The Morgan fingerprint density at radius 3 is 2.26 bits per heavy atom. The molecule has 2 aromatic heterocycles. The van der Waals surface area contributed by atoms with Crippen LogP contribution in [0.4, 0.5) is 14.5 Å². The second kappa shape index (κ2) is 11.2. The lowest BCUT2D eigenvalue weighted by molar-refractivity contribution is 0.439. The molecule has 42 heavy (non-hydrogen) atoms. The van der Waals surface area contributed by atoms with Crippen molar-refractivity contribution in [2.75, 3.05) is 10.5 Å². The Morgan fingerprint density at radius 2 is 1.57 bits per heavy atom. The Hall–Kier alpha value is -4.29. The van der Waals surface area contributed by atoms with E-state index in [1.807, 2.05) is 0 Å². The zero-order chi connectivity index (χ0) is 30.2. The van der Waals surface area contributed by atoms with Crippen LogP contribution >= 0.6 is 0 Å². The first-order chi connectivity index (χ1) is 19.9. The monoisotopic (exact) mass is 611 g/mol. The molecule has 218 valence electrons. The molecule has 3 aromatic carbocycles. The number of pyridine rings is 1. The van der Waals surface area contributed by atoms with E-state index < -0.39 is 31.7 Å². The molecule has 0 amide bonds. The number of nitrogens with one attached hydrogen (secondary N) is 1. The number of hydrogen-bond acceptors (Lipinski definition) is 6. The van der Waals surface area contributed by atoms with Gasteiger partial charge in [-0.25, -0.2) is 34.6 Å². The SMILES string of the molecule is CCS(=O)(=O)Nc1ccc(Oc2ccc(F)cc2F)c(-c2cc(C)nc3c2cc(C)n3S(=O)(=O)Cc2ccccc2)c1. The van der Waals surface area contributed by atoms with E-state index in [0.29, 0.717) is 39.5 Å². The number of rotatable bonds is 9. The molecule has 0 bridgehead atoms. The highest BCUT2D eigenvalue weighted by Crippen LogP contribution is 2.41. The van der Waals surface area contributed by atoms with Crippen molar-refractivity contribution in [3.8, 4) is 22.6 Å². The Bertz CT molecular complexity index is 2030. The molecule has 0 saturated heterocycles. The number of fused-ring (bicyclic) bond motifs is 1. The fourth-order valence-corrected chi connectivity index (χ4v) is 6.91. The Balaban J connectivity index is 1.71. The molecule has 2 heterocycles. The first-order valence-electron chi connectivity index (χ1n) is 12.9. The summed E-state index contributed by atoms with van der Waals surface area (Å²) in [5.41, 5.74) is 2.71. The summed E-state index contributed by atoms with van der Waals surface area (Å²) in [6.45, 7) is 4.85. The van der Waals surface area contributed by atoms with E-state index in [9.17, 15) is 25.6 Å². The summed E-state index contributed by atoms with van der Waals surface area (Å²) >= 11 is 0. The Kier molecular flexibility index (Phi) is 7.78. The van der Waals surface area contributed by atoms with Gasteiger partial charge in [-0.1, -0.05) is 30.3 Å². The highest BCUT2D eigenvalue weighted by atomic mass is 32.2. The molecule has 12 heteroatoms. The van der Waals surface area contributed by atoms with Gasteiger partial charge < -0.3 is 4.74 Å². The maximum absolute atomic E-state index is 14.6. The van der Waals surface area contributed by atoms with E-state index in [2.05, 4.69) is 9.71 Å². The molecule has 1 N–H and O–H groups in total. The van der Waals surface area contributed by atoms with Crippen LogP contribution in [0.2, 0.25) is 0 Å². The first kappa shape index (κ1) is 29.2. The zero-order valence-electron chi connectivity index (χ0n) is 22.9. The van der Waals surface area contributed by atoms with Gasteiger partial charge in [-0.15, -0.1) is 0 Å². The lowest BCUT2D eigenvalue weighted by Crippen LogP contribution is -2.17. The van der Waals surface area contributed by atoms with Gasteiger partial charge in [0.05, 0.1) is 11.5 Å². The van der Waals surface area contributed by atoms with Crippen LogP contribution in [0.25, 0.3) is 22.2 Å². The van der Waals surface area contributed by atoms with Gasteiger partial charge in [0.1, 0.15) is 11.6 Å². The zero-order valence-corrected chi connectivity index (χ0v) is 24.6. The molecule has 5 rings (SSSR count). The number of benzene rings is 3. The largest absolute Gasteiger partial charge is 0.454 e. The molecular formula is C30H27F2N3O5S2. The minimum atomic E-state index is -3.90. The molecule has 0 atom stereocenters. The van der Waals surface area contributed by atoms with Crippen molar-refractivity contribution in [2.45, 2.75) is 26.5 Å². The summed E-state index contributed by atoms with van der Waals surface area (Å²) in [6.07, 6.45) is 0. The second-order valence-corrected chi connectivity index (χ2v) is 13.6. The predicted molar refractivity (Wildman–Crippen MR) is 159 cm³/mol. The normalized spacial score (nSPS) is 12.0. The summed E-state index contributed by atoms with van der Waals surface area (Å²) in [7, 11) is -7.55. The highest BCUT2D eigenvalue weighted by molar-refractivity contribution is 7.92. The van der Waals surface area contributed by atoms with Crippen molar-refractivity contribution >= 4 is 36.8 Å². The topological polar surface area (TPSA) is 107 Å². The highest BCUT2D eigenvalue weighted by Gasteiger charge is 2.24. The lowest BCUT2D eigenvalue weighted by Gasteiger charge is -2.16. The van der Waals surface area contributed by atoms with Gasteiger partial charge in [-0.3, -0.25) is 4.72 Å². The molecule has 0 unspecified atom stereocenters. The molecule has 0 aliphatic rings. The summed E-state index contributed by atoms with van der Waals surface area (Å²) in [5, 5.41) is 0.453. The Morgan fingerprint density at radius 1 is 0.857 bits per heavy atom. The fraction of sp³-hybridized carbons (Fsp3) is 0.167. The van der Waals surface area contributed by atoms with Crippen LogP contribution in [-0.4, -0.2) is 31.5 Å². The van der Waals surface area contributed by atoms with E-state index in [0.717, 1.165) is 12.1 Å².